The van der Waals surface area contributed by atoms with Crippen molar-refractivity contribution >= 4 is 29.2 Å². The first-order valence-corrected chi connectivity index (χ1v) is 8.63. The first-order valence-electron chi connectivity index (χ1n) is 7.47. The molecule has 1 amide bonds. The second kappa shape index (κ2) is 6.93. The van der Waals surface area contributed by atoms with E-state index >= 15 is 0 Å². The van der Waals surface area contributed by atoms with Crippen LogP contribution in [-0.2, 0) is 0 Å². The predicted molar refractivity (Wildman–Crippen MR) is 90.5 cm³/mol. The third-order valence-electron chi connectivity index (χ3n) is 3.93. The van der Waals surface area contributed by atoms with Crippen LogP contribution in [0, 0.1) is 23.1 Å². The maximum atomic E-state index is 13.0. The number of nitrogens with zero attached hydrogens (tertiary/aromatic N) is 3. The molecular weight excluding hydrogens is 329 g/mol. The minimum Gasteiger partial charge on any atom is -0.365 e. The van der Waals surface area contributed by atoms with E-state index in [1.165, 1.54) is 12.1 Å². The van der Waals surface area contributed by atoms with Crippen molar-refractivity contribution in [3.63, 3.8) is 0 Å². The molecule has 2 atom stereocenters. The number of thioether (sulfide) groups is 1. The van der Waals surface area contributed by atoms with Gasteiger partial charge in [-0.1, -0.05) is 0 Å². The fourth-order valence-corrected chi connectivity index (χ4v) is 3.80. The average molecular weight is 345 g/mol. The minimum atomic E-state index is -0.607. The van der Waals surface area contributed by atoms with E-state index in [-0.39, 0.29) is 23.3 Å². The van der Waals surface area contributed by atoms with Crippen LogP contribution in [0.15, 0.2) is 30.5 Å². The molecule has 1 aliphatic heterocycles. The van der Waals surface area contributed by atoms with Crippen molar-refractivity contribution in [1.29, 1.82) is 5.26 Å². The zero-order valence-corrected chi connectivity index (χ0v) is 13.6. The molecule has 8 heteroatoms. The number of hydrogen-bond acceptors (Lipinski definition) is 5. The van der Waals surface area contributed by atoms with Gasteiger partial charge < -0.3 is 11.1 Å². The van der Waals surface area contributed by atoms with E-state index in [4.69, 9.17) is 5.73 Å². The molecule has 0 spiro atoms. The van der Waals surface area contributed by atoms with Crippen molar-refractivity contribution in [2.75, 3.05) is 16.8 Å². The van der Waals surface area contributed by atoms with Gasteiger partial charge in [0.05, 0.1) is 18.0 Å². The predicted octanol–water partition coefficient (Wildman–Crippen LogP) is 2.68. The molecule has 0 bridgehead atoms. The van der Waals surface area contributed by atoms with Gasteiger partial charge in [-0.3, -0.25) is 9.48 Å². The molecule has 1 saturated heterocycles. The molecule has 0 radical (unpaired) electrons. The number of anilines is 2. The number of amides is 1. The summed E-state index contributed by atoms with van der Waals surface area (Å²) in [4.78, 5) is 11.7. The van der Waals surface area contributed by atoms with Gasteiger partial charge in [0, 0.05) is 17.6 Å². The molecule has 6 nitrogen and oxygen atoms in total. The van der Waals surface area contributed by atoms with Gasteiger partial charge in [0.25, 0.3) is 5.91 Å². The molecule has 1 unspecified atom stereocenters. The van der Waals surface area contributed by atoms with Gasteiger partial charge in [0.15, 0.2) is 5.82 Å². The standard InChI is InChI=1S/C16H16FN5OS/c17-11-1-3-12(4-2-11)20-16-13(15(19)23)8-22(21-16)14-5-6-24-9-10(14)7-18/h1-4,8,10,14H,5-6,9H2,(H2,19,23)(H,20,21)/t10?,14-/m0/s1. The zero-order chi connectivity index (χ0) is 17.1. The monoisotopic (exact) mass is 345 g/mol. The maximum absolute atomic E-state index is 13.0. The number of carbonyl (C=O) groups is 1. The highest BCUT2D eigenvalue weighted by Gasteiger charge is 2.29. The zero-order valence-electron chi connectivity index (χ0n) is 12.8. The molecule has 3 rings (SSSR count). The van der Waals surface area contributed by atoms with Crippen LogP contribution >= 0.6 is 11.8 Å². The van der Waals surface area contributed by atoms with Crippen molar-refractivity contribution in [3.8, 4) is 6.07 Å². The molecule has 124 valence electrons. The lowest BCUT2D eigenvalue weighted by Gasteiger charge is -2.26. The van der Waals surface area contributed by atoms with Gasteiger partial charge in [-0.2, -0.15) is 22.1 Å². The van der Waals surface area contributed by atoms with E-state index in [1.54, 1.807) is 34.8 Å². The molecule has 2 aromatic rings. The molecule has 0 aliphatic carbocycles. The highest BCUT2D eigenvalue weighted by atomic mass is 32.2. The average Bonchev–Trinajstić information content (AvgIpc) is 3.01. The summed E-state index contributed by atoms with van der Waals surface area (Å²) in [5.41, 5.74) is 6.28. The Morgan fingerprint density at radius 2 is 2.21 bits per heavy atom. The largest absolute Gasteiger partial charge is 0.365 e. The molecular formula is C16H16FN5OS. The molecule has 24 heavy (non-hydrogen) atoms. The third kappa shape index (κ3) is 3.36. The summed E-state index contributed by atoms with van der Waals surface area (Å²) in [6, 6.07) is 7.95. The van der Waals surface area contributed by atoms with Crippen LogP contribution in [-0.4, -0.2) is 27.2 Å². The summed E-state index contributed by atoms with van der Waals surface area (Å²) in [5, 5.41) is 16.7. The number of benzene rings is 1. The Kier molecular flexibility index (Phi) is 4.71. The van der Waals surface area contributed by atoms with Gasteiger partial charge in [-0.15, -0.1) is 0 Å². The Balaban J connectivity index is 1.91. The van der Waals surface area contributed by atoms with Gasteiger partial charge in [-0.25, -0.2) is 4.39 Å². The van der Waals surface area contributed by atoms with Crippen molar-refractivity contribution in [1.82, 2.24) is 9.78 Å². The molecule has 1 aromatic carbocycles. The lowest BCUT2D eigenvalue weighted by Crippen LogP contribution is -2.25. The maximum Gasteiger partial charge on any atom is 0.254 e. The number of aromatic nitrogens is 2. The first-order chi connectivity index (χ1) is 11.6. The second-order valence-electron chi connectivity index (χ2n) is 5.53. The number of hydrogen-bond donors (Lipinski definition) is 2. The number of nitrogens with one attached hydrogen (secondary N) is 1. The van der Waals surface area contributed by atoms with E-state index in [0.717, 1.165) is 17.9 Å². The van der Waals surface area contributed by atoms with Crippen molar-refractivity contribution in [2.45, 2.75) is 12.5 Å². The number of rotatable bonds is 4. The molecule has 3 N–H and O–H groups in total. The molecule has 1 aromatic heterocycles. The molecule has 1 fully saturated rings. The van der Waals surface area contributed by atoms with E-state index in [9.17, 15) is 14.4 Å². The Morgan fingerprint density at radius 3 is 2.88 bits per heavy atom. The van der Waals surface area contributed by atoms with Crippen molar-refractivity contribution in [3.05, 3.63) is 41.8 Å². The fourth-order valence-electron chi connectivity index (χ4n) is 2.67. The third-order valence-corrected chi connectivity index (χ3v) is 5.05. The van der Waals surface area contributed by atoms with Crippen LogP contribution in [0.2, 0.25) is 0 Å². The van der Waals surface area contributed by atoms with Gasteiger partial charge >= 0.3 is 0 Å². The molecule has 1 aliphatic rings. The van der Waals surface area contributed by atoms with Crippen LogP contribution in [0.1, 0.15) is 22.8 Å². The smallest absolute Gasteiger partial charge is 0.254 e. The Labute approximate surface area is 142 Å². The topological polar surface area (TPSA) is 96.7 Å². The van der Waals surface area contributed by atoms with Crippen LogP contribution < -0.4 is 11.1 Å². The highest BCUT2D eigenvalue weighted by Crippen LogP contribution is 2.33. The summed E-state index contributed by atoms with van der Waals surface area (Å²) < 4.78 is 14.7. The highest BCUT2D eigenvalue weighted by molar-refractivity contribution is 7.99. The summed E-state index contributed by atoms with van der Waals surface area (Å²) in [6.07, 6.45) is 2.39. The number of nitriles is 1. The normalized spacial score (nSPS) is 20.3. The Bertz CT molecular complexity index is 783. The number of nitrogens with two attached hydrogens (primary N) is 1. The summed E-state index contributed by atoms with van der Waals surface area (Å²) in [5.74, 6) is 0.873. The first kappa shape index (κ1) is 16.3. The molecule has 0 saturated carbocycles. The number of primary amides is 1. The SMILES string of the molecule is N#CC1CSCC[C@@H]1n1cc(C(N)=O)c(Nc2ccc(F)cc2)n1. The van der Waals surface area contributed by atoms with Gasteiger partial charge in [-0.05, 0) is 36.4 Å². The lowest BCUT2D eigenvalue weighted by molar-refractivity contribution is 0.100. The summed E-state index contributed by atoms with van der Waals surface area (Å²) in [7, 11) is 0. The van der Waals surface area contributed by atoms with E-state index < -0.39 is 5.91 Å². The van der Waals surface area contributed by atoms with Crippen LogP contribution in [0.5, 0.6) is 0 Å². The quantitative estimate of drug-likeness (QED) is 0.888. The summed E-state index contributed by atoms with van der Waals surface area (Å²) in [6.45, 7) is 0. The van der Waals surface area contributed by atoms with Crippen LogP contribution in [0.3, 0.4) is 0 Å². The number of carbonyl (C=O) groups excluding carboxylic acids is 1. The second-order valence-corrected chi connectivity index (χ2v) is 6.68. The van der Waals surface area contributed by atoms with Crippen LogP contribution in [0.25, 0.3) is 0 Å². The van der Waals surface area contributed by atoms with Crippen LogP contribution in [0.4, 0.5) is 15.9 Å². The van der Waals surface area contributed by atoms with Gasteiger partial charge in [0.1, 0.15) is 11.4 Å². The minimum absolute atomic E-state index is 0.0851. The molecule has 2 heterocycles. The van der Waals surface area contributed by atoms with E-state index in [1.807, 2.05) is 0 Å². The van der Waals surface area contributed by atoms with E-state index in [0.29, 0.717) is 11.5 Å². The summed E-state index contributed by atoms with van der Waals surface area (Å²) >= 11 is 1.74. The van der Waals surface area contributed by atoms with E-state index in [2.05, 4.69) is 16.5 Å². The van der Waals surface area contributed by atoms with Crippen molar-refractivity contribution < 1.29 is 9.18 Å². The van der Waals surface area contributed by atoms with Crippen molar-refractivity contribution in [2.24, 2.45) is 11.7 Å². The fraction of sp³-hybridized carbons (Fsp3) is 0.312. The Hall–Kier alpha value is -2.53. The Morgan fingerprint density at radius 1 is 1.46 bits per heavy atom. The number of halogens is 1. The lowest BCUT2D eigenvalue weighted by atomic mass is 10.0. The van der Waals surface area contributed by atoms with Gasteiger partial charge in [0.2, 0.25) is 0 Å².